The Balaban J connectivity index is 1.52. The van der Waals surface area contributed by atoms with E-state index in [9.17, 15) is 0 Å². The summed E-state index contributed by atoms with van der Waals surface area (Å²) >= 11 is 0. The van der Waals surface area contributed by atoms with Gasteiger partial charge in [-0.1, -0.05) is 0 Å². The fourth-order valence-electron chi connectivity index (χ4n) is 3.07. The molecule has 0 amide bonds. The maximum atomic E-state index is 6.11. The lowest BCUT2D eigenvalue weighted by Crippen LogP contribution is -2.20. The Morgan fingerprint density at radius 2 is 2.04 bits per heavy atom. The van der Waals surface area contributed by atoms with Crippen molar-refractivity contribution < 1.29 is 4.74 Å². The van der Waals surface area contributed by atoms with Crippen LogP contribution in [-0.4, -0.2) is 34.1 Å². The maximum Gasteiger partial charge on any atom is 0.146 e. The molecule has 1 aromatic carbocycles. The zero-order chi connectivity index (χ0) is 17.1. The topological polar surface area (TPSA) is 72.0 Å². The van der Waals surface area contributed by atoms with Crippen LogP contribution in [0.5, 0.6) is 5.75 Å². The van der Waals surface area contributed by atoms with Crippen LogP contribution in [-0.2, 0) is 6.54 Å². The van der Waals surface area contributed by atoms with Gasteiger partial charge in [0.2, 0.25) is 0 Å². The number of aromatic nitrogens is 3. The van der Waals surface area contributed by atoms with E-state index in [1.54, 1.807) is 18.6 Å². The highest BCUT2D eigenvalue weighted by Crippen LogP contribution is 2.26. The molecule has 3 heterocycles. The summed E-state index contributed by atoms with van der Waals surface area (Å²) in [7, 11) is 0. The SMILES string of the molecule is Cc1cc2nccnc2cc1CNc1cnccc1OC1CCNC1. The number of ether oxygens (including phenoxy) is 1. The summed E-state index contributed by atoms with van der Waals surface area (Å²) in [6, 6.07) is 6.08. The summed E-state index contributed by atoms with van der Waals surface area (Å²) in [6.45, 7) is 4.68. The second-order valence-corrected chi connectivity index (χ2v) is 6.28. The van der Waals surface area contributed by atoms with Gasteiger partial charge < -0.3 is 15.4 Å². The lowest BCUT2D eigenvalue weighted by atomic mass is 10.1. The average molecular weight is 335 g/mol. The molecule has 1 fully saturated rings. The van der Waals surface area contributed by atoms with Crippen molar-refractivity contribution in [1.82, 2.24) is 20.3 Å². The number of aryl methyl sites for hydroxylation is 1. The monoisotopic (exact) mass is 335 g/mol. The fourth-order valence-corrected chi connectivity index (χ4v) is 3.07. The van der Waals surface area contributed by atoms with Gasteiger partial charge in [-0.05, 0) is 43.1 Å². The van der Waals surface area contributed by atoms with E-state index in [2.05, 4.69) is 44.6 Å². The van der Waals surface area contributed by atoms with Gasteiger partial charge in [-0.25, -0.2) is 0 Å². The van der Waals surface area contributed by atoms with Crippen molar-refractivity contribution in [2.75, 3.05) is 18.4 Å². The third-order valence-corrected chi connectivity index (χ3v) is 4.49. The zero-order valence-corrected chi connectivity index (χ0v) is 14.2. The van der Waals surface area contributed by atoms with Gasteiger partial charge in [0.15, 0.2) is 0 Å². The molecule has 0 saturated carbocycles. The van der Waals surface area contributed by atoms with Crippen molar-refractivity contribution in [3.8, 4) is 5.75 Å². The lowest BCUT2D eigenvalue weighted by molar-refractivity contribution is 0.224. The third-order valence-electron chi connectivity index (χ3n) is 4.49. The number of fused-ring (bicyclic) bond motifs is 1. The van der Waals surface area contributed by atoms with Crippen LogP contribution in [0.2, 0.25) is 0 Å². The highest BCUT2D eigenvalue weighted by atomic mass is 16.5. The molecule has 6 nitrogen and oxygen atoms in total. The van der Waals surface area contributed by atoms with Crippen molar-refractivity contribution >= 4 is 16.7 Å². The Morgan fingerprint density at radius 3 is 2.84 bits per heavy atom. The van der Waals surface area contributed by atoms with E-state index >= 15 is 0 Å². The number of benzene rings is 1. The van der Waals surface area contributed by atoms with Crippen LogP contribution in [0.15, 0.2) is 43.0 Å². The minimum Gasteiger partial charge on any atom is -0.487 e. The molecule has 1 atom stereocenters. The molecule has 0 bridgehead atoms. The average Bonchev–Trinajstić information content (AvgIpc) is 3.14. The molecule has 6 heteroatoms. The van der Waals surface area contributed by atoms with Gasteiger partial charge in [-0.2, -0.15) is 0 Å². The van der Waals surface area contributed by atoms with Gasteiger partial charge >= 0.3 is 0 Å². The summed E-state index contributed by atoms with van der Waals surface area (Å²) in [4.78, 5) is 13.0. The molecule has 2 N–H and O–H groups in total. The molecule has 1 unspecified atom stereocenters. The Bertz CT molecular complexity index is 877. The molecular formula is C19H21N5O. The quantitative estimate of drug-likeness (QED) is 0.747. The van der Waals surface area contributed by atoms with Crippen LogP contribution < -0.4 is 15.4 Å². The van der Waals surface area contributed by atoms with E-state index in [4.69, 9.17) is 4.74 Å². The predicted molar refractivity (Wildman–Crippen MR) is 97.7 cm³/mol. The van der Waals surface area contributed by atoms with Crippen molar-refractivity contribution in [3.05, 3.63) is 54.1 Å². The summed E-state index contributed by atoms with van der Waals surface area (Å²) < 4.78 is 6.11. The molecule has 1 saturated heterocycles. The smallest absolute Gasteiger partial charge is 0.146 e. The maximum absolute atomic E-state index is 6.11. The minimum atomic E-state index is 0.223. The Labute approximate surface area is 146 Å². The molecular weight excluding hydrogens is 314 g/mol. The summed E-state index contributed by atoms with van der Waals surface area (Å²) in [5.74, 6) is 0.849. The van der Waals surface area contributed by atoms with E-state index in [0.29, 0.717) is 6.54 Å². The first-order chi connectivity index (χ1) is 12.3. The van der Waals surface area contributed by atoms with Crippen LogP contribution in [0.1, 0.15) is 17.5 Å². The highest BCUT2D eigenvalue weighted by Gasteiger charge is 2.17. The fraction of sp³-hybridized carbons (Fsp3) is 0.316. The third kappa shape index (κ3) is 3.53. The van der Waals surface area contributed by atoms with Gasteiger partial charge in [-0.15, -0.1) is 0 Å². The molecule has 0 radical (unpaired) electrons. The number of hydrogen-bond donors (Lipinski definition) is 2. The summed E-state index contributed by atoms with van der Waals surface area (Å²) in [5, 5.41) is 6.77. The van der Waals surface area contributed by atoms with Crippen molar-refractivity contribution in [2.24, 2.45) is 0 Å². The zero-order valence-electron chi connectivity index (χ0n) is 14.2. The molecule has 128 valence electrons. The molecule has 4 rings (SSSR count). The number of anilines is 1. The molecule has 25 heavy (non-hydrogen) atoms. The first kappa shape index (κ1) is 15.8. The van der Waals surface area contributed by atoms with E-state index < -0.39 is 0 Å². The number of pyridine rings is 1. The van der Waals surface area contributed by atoms with Crippen LogP contribution in [0.4, 0.5) is 5.69 Å². The van der Waals surface area contributed by atoms with Gasteiger partial charge in [0.1, 0.15) is 11.9 Å². The first-order valence-corrected chi connectivity index (χ1v) is 8.55. The minimum absolute atomic E-state index is 0.223. The first-order valence-electron chi connectivity index (χ1n) is 8.55. The second kappa shape index (κ2) is 7.03. The number of rotatable bonds is 5. The van der Waals surface area contributed by atoms with Gasteiger partial charge in [0.25, 0.3) is 0 Å². The standard InChI is InChI=1S/C19H21N5O/c1-13-8-16-17(23-7-6-22-16)9-14(13)10-24-18-12-21-5-3-19(18)25-15-2-4-20-11-15/h3,5-9,12,15,20,24H,2,4,10-11H2,1H3. The van der Waals surface area contributed by atoms with Crippen molar-refractivity contribution in [3.63, 3.8) is 0 Å². The molecule has 0 spiro atoms. The van der Waals surface area contributed by atoms with E-state index in [1.807, 2.05) is 12.3 Å². The largest absolute Gasteiger partial charge is 0.487 e. The van der Waals surface area contributed by atoms with E-state index in [-0.39, 0.29) is 6.10 Å². The Kier molecular flexibility index (Phi) is 4.43. The number of nitrogens with zero attached hydrogens (tertiary/aromatic N) is 3. The molecule has 0 aliphatic carbocycles. The Morgan fingerprint density at radius 1 is 1.20 bits per heavy atom. The van der Waals surface area contributed by atoms with E-state index in [0.717, 1.165) is 42.0 Å². The van der Waals surface area contributed by atoms with Crippen LogP contribution in [0, 0.1) is 6.92 Å². The molecule has 2 aromatic heterocycles. The van der Waals surface area contributed by atoms with Crippen LogP contribution in [0.25, 0.3) is 11.0 Å². The number of nitrogens with one attached hydrogen (secondary N) is 2. The van der Waals surface area contributed by atoms with E-state index in [1.165, 1.54) is 11.1 Å². The van der Waals surface area contributed by atoms with Gasteiger partial charge in [0.05, 0.1) is 22.9 Å². The second-order valence-electron chi connectivity index (χ2n) is 6.28. The molecule has 1 aliphatic heterocycles. The molecule has 1 aliphatic rings. The summed E-state index contributed by atoms with van der Waals surface area (Å²) in [5.41, 5.74) is 5.11. The van der Waals surface area contributed by atoms with Crippen LogP contribution >= 0.6 is 0 Å². The number of hydrogen-bond acceptors (Lipinski definition) is 6. The van der Waals surface area contributed by atoms with Gasteiger partial charge in [0, 0.05) is 37.7 Å². The van der Waals surface area contributed by atoms with Crippen molar-refractivity contribution in [2.45, 2.75) is 26.0 Å². The lowest BCUT2D eigenvalue weighted by Gasteiger charge is -2.17. The highest BCUT2D eigenvalue weighted by molar-refractivity contribution is 5.76. The molecule has 3 aromatic rings. The van der Waals surface area contributed by atoms with Gasteiger partial charge in [-0.3, -0.25) is 15.0 Å². The Hall–Kier alpha value is -2.73. The normalized spacial score (nSPS) is 16.9. The summed E-state index contributed by atoms with van der Waals surface area (Å²) in [6.07, 6.45) is 8.27. The predicted octanol–water partition coefficient (Wildman–Crippen LogP) is 2.69. The van der Waals surface area contributed by atoms with Crippen molar-refractivity contribution in [1.29, 1.82) is 0 Å². The van der Waals surface area contributed by atoms with Crippen LogP contribution in [0.3, 0.4) is 0 Å².